The number of hydrogen-bond donors (Lipinski definition) is 2. The number of amides is 1. The number of unbranched alkanes of at least 4 members (excludes halogenated alkanes) is 12. The van der Waals surface area contributed by atoms with Crippen molar-refractivity contribution in [3.63, 3.8) is 0 Å². The average Bonchev–Trinajstić information content (AvgIpc) is 3.24. The number of hydrogen-bond acceptors (Lipinski definition) is 6. The molecule has 4 atom stereocenters. The molecule has 302 valence electrons. The van der Waals surface area contributed by atoms with Gasteiger partial charge in [0.2, 0.25) is 5.91 Å². The predicted molar refractivity (Wildman–Crippen MR) is 227 cm³/mol. The second-order valence-corrected chi connectivity index (χ2v) is 15.7. The van der Waals surface area contributed by atoms with E-state index in [2.05, 4.69) is 95.9 Å². The molecule has 1 aliphatic rings. The number of aliphatic hydroxyl groups is 1. The van der Waals surface area contributed by atoms with E-state index < -0.39 is 6.29 Å². The fraction of sp³-hybridized carbons (Fsp3) is 0.510. The Labute approximate surface area is 337 Å². The lowest BCUT2D eigenvalue weighted by atomic mass is 9.83. The van der Waals surface area contributed by atoms with E-state index in [9.17, 15) is 9.90 Å². The first kappa shape index (κ1) is 43.2. The zero-order valence-corrected chi connectivity index (χ0v) is 34.1. The van der Waals surface area contributed by atoms with Gasteiger partial charge in [-0.1, -0.05) is 169 Å². The molecule has 56 heavy (non-hydrogen) atoms. The summed E-state index contributed by atoms with van der Waals surface area (Å²) in [6.07, 6.45) is 19.2. The molecular weight excluding hydrogens is 695 g/mol. The minimum atomic E-state index is -0.578. The molecule has 2 heterocycles. The molecule has 1 aliphatic heterocycles. The summed E-state index contributed by atoms with van der Waals surface area (Å²) in [6.45, 7) is 4.33. The standard InChI is InChI=1S/C49H67N3O4/c1-3-4-5-6-7-8-9-10-11-12-13-14-18-24-46(54)51-36-39-25-31-43(32-26-39)49-55-45(37-52(2)35-33-44-23-19-20-34-50-44)47(41-21-16-15-17-22-41)48(56-49)42-29-27-40(38-53)28-30-42/h15-17,19-23,25-32,34,45,47-49,53H,3-14,18,24,33,35-38H2,1-2H3,(H,51,54). The van der Waals surface area contributed by atoms with E-state index in [1.165, 1.54) is 70.6 Å². The molecule has 0 spiro atoms. The minimum Gasteiger partial charge on any atom is -0.392 e. The number of likely N-dealkylation sites (N-methyl/N-ethyl adjacent to an activating group) is 1. The fourth-order valence-electron chi connectivity index (χ4n) is 7.80. The van der Waals surface area contributed by atoms with Gasteiger partial charge in [-0.3, -0.25) is 9.78 Å². The smallest absolute Gasteiger partial charge is 0.220 e. The molecule has 7 heteroatoms. The van der Waals surface area contributed by atoms with Crippen molar-refractivity contribution < 1.29 is 19.4 Å². The van der Waals surface area contributed by atoms with Gasteiger partial charge in [0.15, 0.2) is 6.29 Å². The molecule has 1 fully saturated rings. The Balaban J connectivity index is 1.15. The summed E-state index contributed by atoms with van der Waals surface area (Å²) in [4.78, 5) is 19.5. The molecule has 1 saturated heterocycles. The molecular formula is C49H67N3O4. The first-order valence-electron chi connectivity index (χ1n) is 21.5. The van der Waals surface area contributed by atoms with Crippen LogP contribution in [-0.2, 0) is 33.8 Å². The van der Waals surface area contributed by atoms with Crippen molar-refractivity contribution in [1.82, 2.24) is 15.2 Å². The lowest BCUT2D eigenvalue weighted by Gasteiger charge is -2.44. The Kier molecular flexibility index (Phi) is 19.1. The zero-order chi connectivity index (χ0) is 39.2. The van der Waals surface area contributed by atoms with Crippen LogP contribution in [0.1, 0.15) is 149 Å². The second kappa shape index (κ2) is 24.7. The first-order valence-corrected chi connectivity index (χ1v) is 21.5. The number of carbonyl (C=O) groups is 1. The third-order valence-electron chi connectivity index (χ3n) is 11.2. The lowest BCUT2D eigenvalue weighted by molar-refractivity contribution is -0.263. The maximum absolute atomic E-state index is 12.7. The third kappa shape index (κ3) is 14.6. The Hall–Kier alpha value is -3.88. The number of nitrogens with zero attached hydrogens (tertiary/aromatic N) is 2. The molecule has 1 aromatic heterocycles. The van der Waals surface area contributed by atoms with Crippen LogP contribution < -0.4 is 5.32 Å². The van der Waals surface area contributed by atoms with Crippen LogP contribution in [0.4, 0.5) is 0 Å². The van der Waals surface area contributed by atoms with Crippen LogP contribution in [0.5, 0.6) is 0 Å². The van der Waals surface area contributed by atoms with E-state index >= 15 is 0 Å². The van der Waals surface area contributed by atoms with Crippen molar-refractivity contribution in [2.24, 2.45) is 0 Å². The predicted octanol–water partition coefficient (Wildman–Crippen LogP) is 10.8. The zero-order valence-electron chi connectivity index (χ0n) is 34.1. The first-order chi connectivity index (χ1) is 27.5. The van der Waals surface area contributed by atoms with Gasteiger partial charge in [-0.25, -0.2) is 0 Å². The Morgan fingerprint density at radius 3 is 1.93 bits per heavy atom. The van der Waals surface area contributed by atoms with Crippen molar-refractivity contribution in [2.45, 2.75) is 141 Å². The average molecular weight is 762 g/mol. The van der Waals surface area contributed by atoms with Crippen LogP contribution in [0.25, 0.3) is 0 Å². The molecule has 4 unspecified atom stereocenters. The molecule has 0 bridgehead atoms. The number of carbonyl (C=O) groups excluding carboxylic acids is 1. The summed E-state index contributed by atoms with van der Waals surface area (Å²) < 4.78 is 13.8. The molecule has 4 aromatic rings. The van der Waals surface area contributed by atoms with Gasteiger partial charge in [0.1, 0.15) is 0 Å². The van der Waals surface area contributed by atoms with Gasteiger partial charge >= 0.3 is 0 Å². The van der Waals surface area contributed by atoms with Gasteiger partial charge in [-0.15, -0.1) is 0 Å². The molecule has 2 N–H and O–H groups in total. The highest BCUT2D eigenvalue weighted by Crippen LogP contribution is 2.47. The van der Waals surface area contributed by atoms with Crippen molar-refractivity contribution in [2.75, 3.05) is 20.1 Å². The summed E-state index contributed by atoms with van der Waals surface area (Å²) in [7, 11) is 2.14. The van der Waals surface area contributed by atoms with E-state index in [-0.39, 0.29) is 30.6 Å². The van der Waals surface area contributed by atoms with Crippen molar-refractivity contribution in [3.8, 4) is 0 Å². The highest BCUT2D eigenvalue weighted by molar-refractivity contribution is 5.75. The number of rotatable bonds is 25. The van der Waals surface area contributed by atoms with Gasteiger partial charge in [0.05, 0.1) is 18.8 Å². The van der Waals surface area contributed by atoms with Crippen LogP contribution in [0.15, 0.2) is 103 Å². The van der Waals surface area contributed by atoms with E-state index in [0.717, 1.165) is 59.3 Å². The van der Waals surface area contributed by atoms with Gasteiger partial charge in [0, 0.05) is 55.8 Å². The normalized spacial score (nSPS) is 18.3. The summed E-state index contributed by atoms with van der Waals surface area (Å²) in [5.41, 5.74) is 6.14. The minimum absolute atomic E-state index is 0.00438. The summed E-state index contributed by atoms with van der Waals surface area (Å²) in [5, 5.41) is 12.9. The highest BCUT2D eigenvalue weighted by Gasteiger charge is 2.42. The monoisotopic (exact) mass is 762 g/mol. The fourth-order valence-corrected chi connectivity index (χ4v) is 7.80. The summed E-state index contributed by atoms with van der Waals surface area (Å²) in [6, 6.07) is 32.9. The van der Waals surface area contributed by atoms with Crippen LogP contribution in [0.2, 0.25) is 0 Å². The molecule has 7 nitrogen and oxygen atoms in total. The maximum atomic E-state index is 12.7. The highest BCUT2D eigenvalue weighted by atomic mass is 16.7. The quantitative estimate of drug-likeness (QED) is 0.0654. The Morgan fingerprint density at radius 1 is 0.696 bits per heavy atom. The van der Waals surface area contributed by atoms with E-state index in [4.69, 9.17) is 9.47 Å². The van der Waals surface area contributed by atoms with E-state index in [1.807, 2.05) is 36.5 Å². The van der Waals surface area contributed by atoms with Crippen molar-refractivity contribution in [1.29, 1.82) is 0 Å². The van der Waals surface area contributed by atoms with E-state index in [0.29, 0.717) is 19.5 Å². The molecule has 0 aliphatic carbocycles. The van der Waals surface area contributed by atoms with Crippen LogP contribution in [-0.4, -0.2) is 47.1 Å². The molecule has 5 rings (SSSR count). The van der Waals surface area contributed by atoms with Gasteiger partial charge < -0.3 is 24.8 Å². The van der Waals surface area contributed by atoms with Crippen LogP contribution in [0.3, 0.4) is 0 Å². The van der Waals surface area contributed by atoms with Gasteiger partial charge in [-0.2, -0.15) is 0 Å². The lowest BCUT2D eigenvalue weighted by Crippen LogP contribution is -2.43. The van der Waals surface area contributed by atoms with Crippen molar-refractivity contribution >= 4 is 5.91 Å². The maximum Gasteiger partial charge on any atom is 0.220 e. The van der Waals surface area contributed by atoms with E-state index in [1.54, 1.807) is 0 Å². The summed E-state index contributed by atoms with van der Waals surface area (Å²) >= 11 is 0. The number of ether oxygens (including phenoxy) is 2. The molecule has 0 radical (unpaired) electrons. The number of nitrogens with one attached hydrogen (secondary N) is 1. The Morgan fingerprint density at radius 2 is 1.30 bits per heavy atom. The summed E-state index contributed by atoms with van der Waals surface area (Å²) in [5.74, 6) is 0.0576. The number of aromatic nitrogens is 1. The number of benzene rings is 3. The molecule has 0 saturated carbocycles. The van der Waals surface area contributed by atoms with Gasteiger partial charge in [0.25, 0.3) is 0 Å². The molecule has 3 aromatic carbocycles. The van der Waals surface area contributed by atoms with Crippen molar-refractivity contribution in [3.05, 3.63) is 137 Å². The van der Waals surface area contributed by atoms with Crippen LogP contribution >= 0.6 is 0 Å². The largest absolute Gasteiger partial charge is 0.392 e. The number of pyridine rings is 1. The molecule has 1 amide bonds. The second-order valence-electron chi connectivity index (χ2n) is 15.7. The SMILES string of the molecule is CCCCCCCCCCCCCCCC(=O)NCc1ccc(C2OC(CN(C)CCc3ccccn3)C(c3ccccc3)C(c3ccc(CO)cc3)O2)cc1. The van der Waals surface area contributed by atoms with Gasteiger partial charge in [-0.05, 0) is 47.9 Å². The topological polar surface area (TPSA) is 83.9 Å². The van der Waals surface area contributed by atoms with Crippen LogP contribution in [0, 0.1) is 0 Å². The Bertz CT molecular complexity index is 1630. The third-order valence-corrected chi connectivity index (χ3v) is 11.2. The number of aliphatic hydroxyl groups excluding tert-OH is 1.